The molecule has 0 amide bonds. The van der Waals surface area contributed by atoms with Gasteiger partial charge in [-0.05, 0) is 38.6 Å². The topological polar surface area (TPSA) is 73.8 Å². The Morgan fingerprint density at radius 3 is 2.95 bits per heavy atom. The second-order valence-corrected chi connectivity index (χ2v) is 5.60. The molecule has 0 saturated carbocycles. The third kappa shape index (κ3) is 3.01. The second-order valence-electron chi connectivity index (χ2n) is 5.60. The number of likely N-dealkylation sites (tertiary alicyclic amines) is 1. The molecule has 1 atom stereocenters. The van der Waals surface area contributed by atoms with Crippen molar-refractivity contribution < 1.29 is 14.0 Å². The Balaban J connectivity index is 1.88. The zero-order valence-corrected chi connectivity index (χ0v) is 12.9. The monoisotopic (exact) mass is 303 g/mol. The molecule has 1 aromatic carbocycles. The van der Waals surface area contributed by atoms with Crippen LogP contribution in [0.1, 0.15) is 12.8 Å². The number of piperidine rings is 1. The third-order valence-electron chi connectivity index (χ3n) is 3.85. The highest BCUT2D eigenvalue weighted by Gasteiger charge is 2.22. The van der Waals surface area contributed by atoms with Crippen LogP contribution in [0.3, 0.4) is 0 Å². The third-order valence-corrected chi connectivity index (χ3v) is 3.85. The van der Waals surface area contributed by atoms with E-state index in [1.165, 1.54) is 0 Å². The standard InChI is InChI=1S/C16H21N3O3/c1-19-8-4-5-11(10-19)21-13-7-3-6-12(16(13)20-2)14-9-15(17)18-22-14/h3,6-7,9,11H,4-5,8,10H2,1-2H3,(H2,17,18). The molecule has 2 aromatic rings. The highest BCUT2D eigenvalue weighted by Crippen LogP contribution is 2.39. The lowest BCUT2D eigenvalue weighted by Gasteiger charge is -2.30. The second kappa shape index (κ2) is 6.27. The van der Waals surface area contributed by atoms with Crippen LogP contribution in [0.2, 0.25) is 0 Å². The zero-order valence-electron chi connectivity index (χ0n) is 12.9. The molecule has 1 fully saturated rings. The maximum Gasteiger partial charge on any atom is 0.172 e. The number of benzene rings is 1. The molecule has 1 saturated heterocycles. The van der Waals surface area contributed by atoms with E-state index in [-0.39, 0.29) is 6.10 Å². The minimum atomic E-state index is 0.169. The van der Waals surface area contributed by atoms with Crippen molar-refractivity contribution >= 4 is 5.82 Å². The lowest BCUT2D eigenvalue weighted by atomic mass is 10.1. The van der Waals surface area contributed by atoms with Crippen molar-refractivity contribution in [2.45, 2.75) is 18.9 Å². The molecular formula is C16H21N3O3. The van der Waals surface area contributed by atoms with Gasteiger partial charge in [0.05, 0.1) is 12.7 Å². The molecule has 2 N–H and O–H groups in total. The fourth-order valence-electron chi connectivity index (χ4n) is 2.82. The smallest absolute Gasteiger partial charge is 0.172 e. The number of hydrogen-bond donors (Lipinski definition) is 1. The van der Waals surface area contributed by atoms with Crippen molar-refractivity contribution in [3.63, 3.8) is 0 Å². The van der Waals surface area contributed by atoms with Gasteiger partial charge in [0.15, 0.2) is 23.1 Å². The molecule has 1 unspecified atom stereocenters. The molecule has 6 nitrogen and oxygen atoms in total. The summed E-state index contributed by atoms with van der Waals surface area (Å²) in [5.41, 5.74) is 6.41. The first-order valence-corrected chi connectivity index (χ1v) is 7.42. The zero-order chi connectivity index (χ0) is 15.5. The lowest BCUT2D eigenvalue weighted by molar-refractivity contribution is 0.101. The van der Waals surface area contributed by atoms with E-state index in [1.807, 2.05) is 18.2 Å². The van der Waals surface area contributed by atoms with Gasteiger partial charge >= 0.3 is 0 Å². The van der Waals surface area contributed by atoms with Crippen molar-refractivity contribution in [2.24, 2.45) is 0 Å². The molecule has 1 aromatic heterocycles. The van der Waals surface area contributed by atoms with E-state index in [4.69, 9.17) is 19.7 Å². The number of likely N-dealkylation sites (N-methyl/N-ethyl adjacent to an activating group) is 1. The van der Waals surface area contributed by atoms with Gasteiger partial charge in [0, 0.05) is 12.6 Å². The Labute approximate surface area is 129 Å². The van der Waals surface area contributed by atoms with Crippen LogP contribution in [-0.4, -0.2) is 43.4 Å². The quantitative estimate of drug-likeness (QED) is 0.935. The first kappa shape index (κ1) is 14.7. The fourth-order valence-corrected chi connectivity index (χ4v) is 2.82. The highest BCUT2D eigenvalue weighted by molar-refractivity contribution is 5.71. The van der Waals surface area contributed by atoms with Crippen LogP contribution in [-0.2, 0) is 0 Å². The Morgan fingerprint density at radius 1 is 1.41 bits per heavy atom. The van der Waals surface area contributed by atoms with Crippen LogP contribution >= 0.6 is 0 Å². The van der Waals surface area contributed by atoms with Gasteiger partial charge in [-0.2, -0.15) is 0 Å². The molecule has 2 heterocycles. The van der Waals surface area contributed by atoms with Crippen LogP contribution in [0, 0.1) is 0 Å². The number of methoxy groups -OCH3 is 1. The molecule has 0 radical (unpaired) electrons. The number of nitrogens with zero attached hydrogens (tertiary/aromatic N) is 2. The maximum absolute atomic E-state index is 6.16. The minimum Gasteiger partial charge on any atom is -0.492 e. The van der Waals surface area contributed by atoms with E-state index in [0.29, 0.717) is 17.3 Å². The summed E-state index contributed by atoms with van der Waals surface area (Å²) in [6, 6.07) is 7.41. The molecule has 3 rings (SSSR count). The molecule has 1 aliphatic heterocycles. The average molecular weight is 303 g/mol. The summed E-state index contributed by atoms with van der Waals surface area (Å²) in [7, 11) is 3.74. The SMILES string of the molecule is COc1c(OC2CCCN(C)C2)cccc1-c1cc(N)no1. The number of ether oxygens (including phenoxy) is 2. The Kier molecular flexibility index (Phi) is 4.20. The summed E-state index contributed by atoms with van der Waals surface area (Å²) in [5.74, 6) is 2.28. The summed E-state index contributed by atoms with van der Waals surface area (Å²) in [6.45, 7) is 2.04. The van der Waals surface area contributed by atoms with E-state index < -0.39 is 0 Å². The highest BCUT2D eigenvalue weighted by atomic mass is 16.5. The number of rotatable bonds is 4. The van der Waals surface area contributed by atoms with Gasteiger partial charge < -0.3 is 24.6 Å². The van der Waals surface area contributed by atoms with Crippen molar-refractivity contribution in [2.75, 3.05) is 33.0 Å². The van der Waals surface area contributed by atoms with Gasteiger partial charge in [-0.15, -0.1) is 0 Å². The maximum atomic E-state index is 6.16. The van der Waals surface area contributed by atoms with Gasteiger partial charge in [-0.25, -0.2) is 0 Å². The van der Waals surface area contributed by atoms with E-state index >= 15 is 0 Å². The number of hydrogen-bond acceptors (Lipinski definition) is 6. The van der Waals surface area contributed by atoms with E-state index in [9.17, 15) is 0 Å². The first-order valence-electron chi connectivity index (χ1n) is 7.42. The van der Waals surface area contributed by atoms with Crippen LogP contribution in [0.4, 0.5) is 5.82 Å². The largest absolute Gasteiger partial charge is 0.492 e. The Morgan fingerprint density at radius 2 is 2.27 bits per heavy atom. The summed E-state index contributed by atoms with van der Waals surface area (Å²) in [4.78, 5) is 2.28. The minimum absolute atomic E-state index is 0.169. The van der Waals surface area contributed by atoms with Gasteiger partial charge in [-0.1, -0.05) is 11.2 Å². The summed E-state index contributed by atoms with van der Waals surface area (Å²) in [5, 5.41) is 3.72. The van der Waals surface area contributed by atoms with Crippen LogP contribution < -0.4 is 15.2 Å². The van der Waals surface area contributed by atoms with E-state index in [2.05, 4.69) is 17.1 Å². The summed E-state index contributed by atoms with van der Waals surface area (Å²) in [6.07, 6.45) is 2.36. The van der Waals surface area contributed by atoms with Gasteiger partial charge in [0.2, 0.25) is 0 Å². The van der Waals surface area contributed by atoms with Gasteiger partial charge in [0.25, 0.3) is 0 Å². The molecular weight excluding hydrogens is 282 g/mol. The predicted octanol–water partition coefficient (Wildman–Crippen LogP) is 2.41. The molecule has 22 heavy (non-hydrogen) atoms. The number of nitrogen functional groups attached to an aromatic ring is 1. The molecule has 0 aliphatic carbocycles. The van der Waals surface area contributed by atoms with E-state index in [1.54, 1.807) is 13.2 Å². The van der Waals surface area contributed by atoms with Crippen molar-refractivity contribution in [1.82, 2.24) is 10.1 Å². The average Bonchev–Trinajstić information content (AvgIpc) is 2.93. The van der Waals surface area contributed by atoms with Crippen molar-refractivity contribution in [3.8, 4) is 22.8 Å². The van der Waals surface area contributed by atoms with Crippen LogP contribution in [0.15, 0.2) is 28.8 Å². The van der Waals surface area contributed by atoms with Crippen molar-refractivity contribution in [3.05, 3.63) is 24.3 Å². The summed E-state index contributed by atoms with van der Waals surface area (Å²) < 4.78 is 16.9. The van der Waals surface area contributed by atoms with Crippen molar-refractivity contribution in [1.29, 1.82) is 0 Å². The van der Waals surface area contributed by atoms with Gasteiger partial charge in [-0.3, -0.25) is 0 Å². The fraction of sp³-hybridized carbons (Fsp3) is 0.438. The lowest BCUT2D eigenvalue weighted by Crippen LogP contribution is -2.38. The normalized spacial score (nSPS) is 19.1. The number of nitrogens with two attached hydrogens (primary N) is 1. The molecule has 118 valence electrons. The predicted molar refractivity (Wildman–Crippen MR) is 84.1 cm³/mol. The van der Waals surface area contributed by atoms with Crippen LogP contribution in [0.25, 0.3) is 11.3 Å². The van der Waals surface area contributed by atoms with Gasteiger partial charge in [0.1, 0.15) is 6.10 Å². The molecule has 6 heteroatoms. The Hall–Kier alpha value is -2.21. The van der Waals surface area contributed by atoms with Crippen LogP contribution in [0.5, 0.6) is 11.5 Å². The Bertz CT molecular complexity index is 641. The van der Waals surface area contributed by atoms with E-state index in [0.717, 1.165) is 37.2 Å². The number of anilines is 1. The number of aromatic nitrogens is 1. The number of para-hydroxylation sites is 1. The molecule has 0 bridgehead atoms. The molecule has 1 aliphatic rings. The molecule has 0 spiro atoms. The summed E-state index contributed by atoms with van der Waals surface area (Å²) >= 11 is 0. The first-order chi connectivity index (χ1) is 10.7.